The van der Waals surface area contributed by atoms with Gasteiger partial charge in [-0.25, -0.2) is 9.79 Å². The van der Waals surface area contributed by atoms with Gasteiger partial charge in [0.15, 0.2) is 5.70 Å². The molecule has 2 aliphatic heterocycles. The fourth-order valence-electron chi connectivity index (χ4n) is 3.14. The van der Waals surface area contributed by atoms with E-state index in [9.17, 15) is 18.4 Å². The molecule has 1 saturated heterocycles. The molecule has 0 spiro atoms. The molecule has 4 rings (SSSR count). The number of anilines is 1. The topological polar surface area (TPSA) is 68.2 Å². The summed E-state index contributed by atoms with van der Waals surface area (Å²) in [5, 5.41) is 0. The molecule has 0 bridgehead atoms. The summed E-state index contributed by atoms with van der Waals surface area (Å²) in [7, 11) is 0. The Labute approximate surface area is 165 Å². The first-order chi connectivity index (χ1) is 14.0. The van der Waals surface area contributed by atoms with Gasteiger partial charge in [-0.2, -0.15) is 8.78 Å². The third-order valence-electron chi connectivity index (χ3n) is 4.53. The van der Waals surface area contributed by atoms with Crippen LogP contribution in [0, 0.1) is 0 Å². The predicted molar refractivity (Wildman–Crippen MR) is 102 cm³/mol. The zero-order chi connectivity index (χ0) is 20.4. The number of benzene rings is 2. The van der Waals surface area contributed by atoms with Crippen LogP contribution in [-0.4, -0.2) is 30.9 Å². The van der Waals surface area contributed by atoms with Crippen molar-refractivity contribution in [2.45, 2.75) is 19.5 Å². The summed E-state index contributed by atoms with van der Waals surface area (Å²) in [5.41, 5.74) is 2.09. The summed E-state index contributed by atoms with van der Waals surface area (Å²) in [6.45, 7) is -2.20. The van der Waals surface area contributed by atoms with E-state index in [1.807, 2.05) is 0 Å². The predicted octanol–water partition coefficient (Wildman–Crippen LogP) is 3.76. The van der Waals surface area contributed by atoms with Gasteiger partial charge in [-0.1, -0.05) is 12.1 Å². The molecular weight excluding hydrogens is 382 g/mol. The van der Waals surface area contributed by atoms with Crippen LogP contribution in [0.2, 0.25) is 0 Å². The summed E-state index contributed by atoms with van der Waals surface area (Å²) in [6.07, 6.45) is 2.89. The van der Waals surface area contributed by atoms with Gasteiger partial charge in [0.2, 0.25) is 11.8 Å². The summed E-state index contributed by atoms with van der Waals surface area (Å²) in [6, 6.07) is 12.9. The highest BCUT2D eigenvalue weighted by atomic mass is 19.3. The summed E-state index contributed by atoms with van der Waals surface area (Å²) < 4.78 is 33.9. The van der Waals surface area contributed by atoms with Crippen molar-refractivity contribution in [2.24, 2.45) is 4.99 Å². The van der Waals surface area contributed by atoms with Crippen LogP contribution >= 0.6 is 0 Å². The molecule has 0 aliphatic carbocycles. The number of aliphatic imine (C=N–C) groups is 1. The van der Waals surface area contributed by atoms with Crippen LogP contribution in [0.25, 0.3) is 6.08 Å². The molecule has 8 heteroatoms. The number of rotatable bonds is 5. The smallest absolute Gasteiger partial charge is 0.387 e. The van der Waals surface area contributed by atoms with Crippen molar-refractivity contribution in [3.63, 3.8) is 0 Å². The molecule has 2 aromatic rings. The molecule has 0 radical (unpaired) electrons. The number of carbonyl (C=O) groups is 2. The van der Waals surface area contributed by atoms with Gasteiger partial charge in [0.05, 0.1) is 0 Å². The van der Waals surface area contributed by atoms with Crippen molar-refractivity contribution < 1.29 is 27.8 Å². The highest BCUT2D eigenvalue weighted by Gasteiger charge is 2.25. The maximum Gasteiger partial charge on any atom is 0.387 e. The van der Waals surface area contributed by atoms with Crippen LogP contribution in [0.1, 0.15) is 24.0 Å². The Balaban J connectivity index is 1.51. The van der Waals surface area contributed by atoms with E-state index in [1.54, 1.807) is 29.2 Å². The average Bonchev–Trinajstić information content (AvgIpc) is 3.29. The lowest BCUT2D eigenvalue weighted by atomic mass is 10.2. The zero-order valence-electron chi connectivity index (χ0n) is 15.2. The van der Waals surface area contributed by atoms with E-state index in [0.717, 1.165) is 12.1 Å². The second kappa shape index (κ2) is 7.83. The fraction of sp³-hybridized carbons (Fsp3) is 0.190. The first kappa shape index (κ1) is 18.8. The maximum atomic E-state index is 12.2. The minimum atomic E-state index is -2.90. The molecule has 29 heavy (non-hydrogen) atoms. The number of cyclic esters (lactones) is 1. The molecule has 2 heterocycles. The van der Waals surface area contributed by atoms with E-state index >= 15 is 0 Å². The number of halogens is 2. The number of esters is 1. The Kier molecular flexibility index (Phi) is 5.07. The minimum absolute atomic E-state index is 0.0249. The van der Waals surface area contributed by atoms with Crippen molar-refractivity contribution in [3.8, 4) is 5.75 Å². The van der Waals surface area contributed by atoms with Crippen LogP contribution < -0.4 is 9.64 Å². The molecule has 1 amide bonds. The quantitative estimate of drug-likeness (QED) is 0.568. The van der Waals surface area contributed by atoms with E-state index < -0.39 is 12.6 Å². The van der Waals surface area contributed by atoms with Gasteiger partial charge in [-0.15, -0.1) is 0 Å². The van der Waals surface area contributed by atoms with Crippen molar-refractivity contribution in [1.82, 2.24) is 0 Å². The van der Waals surface area contributed by atoms with Gasteiger partial charge >= 0.3 is 12.6 Å². The highest BCUT2D eigenvalue weighted by Crippen LogP contribution is 2.24. The third kappa shape index (κ3) is 4.16. The summed E-state index contributed by atoms with van der Waals surface area (Å²) in [5.74, 6) is -0.320. The minimum Gasteiger partial charge on any atom is -0.435 e. The van der Waals surface area contributed by atoms with Gasteiger partial charge in [0.25, 0.3) is 0 Å². The summed E-state index contributed by atoms with van der Waals surface area (Å²) in [4.78, 5) is 29.9. The van der Waals surface area contributed by atoms with Gasteiger partial charge < -0.3 is 14.4 Å². The number of carbonyl (C=O) groups excluding carboxylic acids is 2. The molecule has 148 valence electrons. The van der Waals surface area contributed by atoms with Gasteiger partial charge in [0, 0.05) is 24.2 Å². The molecule has 0 aromatic heterocycles. The third-order valence-corrected chi connectivity index (χ3v) is 4.53. The zero-order valence-corrected chi connectivity index (χ0v) is 15.2. The molecule has 1 fully saturated rings. The molecular formula is C21H16F2N2O4. The SMILES string of the molecule is O=C1OC(c2ccc(N3CCCC3=O)cc2)=N/C1=C/c1ccc(OC(F)F)cc1. The van der Waals surface area contributed by atoms with Crippen LogP contribution in [-0.2, 0) is 14.3 Å². The Hall–Kier alpha value is -3.55. The Bertz CT molecular complexity index is 998. The van der Waals surface area contributed by atoms with Crippen LogP contribution in [0.15, 0.2) is 59.2 Å². The largest absolute Gasteiger partial charge is 0.435 e. The standard InChI is InChI=1S/C21H16F2N2O4/c22-21(23)28-16-9-3-13(4-10-16)12-17-20(27)29-19(24-17)14-5-7-15(8-6-14)25-11-1-2-18(25)26/h3-10,12,21H,1-2,11H2/b17-12+. The molecule has 2 aromatic carbocycles. The average molecular weight is 398 g/mol. The van der Waals surface area contributed by atoms with E-state index in [4.69, 9.17) is 4.74 Å². The number of alkyl halides is 2. The molecule has 0 atom stereocenters. The second-order valence-corrected chi connectivity index (χ2v) is 6.48. The second-order valence-electron chi connectivity index (χ2n) is 6.48. The fourth-order valence-corrected chi connectivity index (χ4v) is 3.14. The van der Waals surface area contributed by atoms with E-state index in [2.05, 4.69) is 9.73 Å². The lowest BCUT2D eigenvalue weighted by Gasteiger charge is -2.15. The normalized spacial score (nSPS) is 17.8. The Morgan fingerprint density at radius 1 is 1.07 bits per heavy atom. The van der Waals surface area contributed by atoms with Crippen molar-refractivity contribution >= 4 is 29.5 Å². The number of nitrogens with zero attached hydrogens (tertiary/aromatic N) is 2. The van der Waals surface area contributed by atoms with E-state index in [-0.39, 0.29) is 23.3 Å². The van der Waals surface area contributed by atoms with Crippen molar-refractivity contribution in [2.75, 3.05) is 11.4 Å². The maximum absolute atomic E-state index is 12.2. The van der Waals surface area contributed by atoms with Gasteiger partial charge in [-0.05, 0) is 54.5 Å². The van der Waals surface area contributed by atoms with Crippen molar-refractivity contribution in [1.29, 1.82) is 0 Å². The van der Waals surface area contributed by atoms with Gasteiger partial charge in [0.1, 0.15) is 5.75 Å². The van der Waals surface area contributed by atoms with Crippen LogP contribution in [0.5, 0.6) is 5.75 Å². The lowest BCUT2D eigenvalue weighted by molar-refractivity contribution is -0.130. The molecule has 0 N–H and O–H groups in total. The van der Waals surface area contributed by atoms with Crippen LogP contribution in [0.4, 0.5) is 14.5 Å². The monoisotopic (exact) mass is 398 g/mol. The lowest BCUT2D eigenvalue weighted by Crippen LogP contribution is -2.23. The first-order valence-corrected chi connectivity index (χ1v) is 8.98. The highest BCUT2D eigenvalue weighted by molar-refractivity contribution is 6.13. The number of amides is 1. The first-order valence-electron chi connectivity index (χ1n) is 8.98. The number of hydrogen-bond donors (Lipinski definition) is 0. The molecule has 6 nitrogen and oxygen atoms in total. The van der Waals surface area contributed by atoms with E-state index in [0.29, 0.717) is 24.1 Å². The molecule has 0 saturated carbocycles. The van der Waals surface area contributed by atoms with Crippen LogP contribution in [0.3, 0.4) is 0 Å². The number of hydrogen-bond acceptors (Lipinski definition) is 5. The molecule has 2 aliphatic rings. The Morgan fingerprint density at radius 2 is 1.79 bits per heavy atom. The van der Waals surface area contributed by atoms with Crippen molar-refractivity contribution in [3.05, 3.63) is 65.4 Å². The van der Waals surface area contributed by atoms with Gasteiger partial charge in [-0.3, -0.25) is 4.79 Å². The molecule has 0 unspecified atom stereocenters. The Morgan fingerprint density at radius 3 is 2.41 bits per heavy atom. The number of ether oxygens (including phenoxy) is 2. The summed E-state index contributed by atoms with van der Waals surface area (Å²) >= 11 is 0. The van der Waals surface area contributed by atoms with E-state index in [1.165, 1.54) is 30.3 Å².